The van der Waals surface area contributed by atoms with E-state index in [1.54, 1.807) is 47.4 Å². The van der Waals surface area contributed by atoms with Gasteiger partial charge in [-0.15, -0.1) is 0 Å². The summed E-state index contributed by atoms with van der Waals surface area (Å²) < 4.78 is 11.3. The van der Waals surface area contributed by atoms with Gasteiger partial charge < -0.3 is 9.15 Å². The third-order valence-corrected chi connectivity index (χ3v) is 6.58. The fraction of sp³-hybridized carbons (Fsp3) is 0.214. The molecule has 1 aliphatic rings. The Balaban J connectivity index is 1.75. The number of anilines is 1. The van der Waals surface area contributed by atoms with E-state index in [-0.39, 0.29) is 22.5 Å². The maximum absolute atomic E-state index is 13.7. The van der Waals surface area contributed by atoms with Crippen molar-refractivity contribution in [2.45, 2.75) is 32.2 Å². The molecular weight excluding hydrogens is 450 g/mol. The number of benzene rings is 3. The molecule has 34 heavy (non-hydrogen) atoms. The Hall–Kier alpha value is -3.57. The van der Waals surface area contributed by atoms with E-state index < -0.39 is 6.04 Å². The van der Waals surface area contributed by atoms with Crippen LogP contribution in [0.25, 0.3) is 11.0 Å². The predicted molar refractivity (Wildman–Crippen MR) is 134 cm³/mol. The van der Waals surface area contributed by atoms with E-state index in [4.69, 9.17) is 20.8 Å². The molecule has 0 saturated heterocycles. The number of methoxy groups -OCH3 is 1. The van der Waals surface area contributed by atoms with E-state index in [1.807, 2.05) is 24.3 Å². The van der Waals surface area contributed by atoms with Crippen molar-refractivity contribution in [3.05, 3.63) is 104 Å². The lowest BCUT2D eigenvalue weighted by Crippen LogP contribution is -2.29. The summed E-state index contributed by atoms with van der Waals surface area (Å²) in [4.78, 5) is 28.9. The summed E-state index contributed by atoms with van der Waals surface area (Å²) in [6.07, 6.45) is 0. The molecular formula is C28H24ClNO4. The fourth-order valence-corrected chi connectivity index (χ4v) is 4.72. The molecule has 0 fully saturated rings. The van der Waals surface area contributed by atoms with E-state index >= 15 is 0 Å². The molecule has 2 heterocycles. The molecule has 3 aromatic carbocycles. The zero-order valence-electron chi connectivity index (χ0n) is 19.4. The number of amides is 1. The average molecular weight is 474 g/mol. The van der Waals surface area contributed by atoms with E-state index in [0.717, 1.165) is 11.1 Å². The Morgan fingerprint density at radius 3 is 2.32 bits per heavy atom. The molecule has 1 aliphatic heterocycles. The number of carbonyl (C=O) groups is 1. The third-order valence-electron chi connectivity index (χ3n) is 6.28. The van der Waals surface area contributed by atoms with Crippen LogP contribution in [-0.2, 0) is 5.41 Å². The molecule has 0 radical (unpaired) electrons. The van der Waals surface area contributed by atoms with Gasteiger partial charge >= 0.3 is 0 Å². The van der Waals surface area contributed by atoms with Crippen LogP contribution in [0, 0.1) is 0 Å². The van der Waals surface area contributed by atoms with Gasteiger partial charge in [-0.3, -0.25) is 14.5 Å². The van der Waals surface area contributed by atoms with Crippen LogP contribution in [0.15, 0.2) is 75.9 Å². The van der Waals surface area contributed by atoms with Crippen molar-refractivity contribution in [1.29, 1.82) is 0 Å². The molecule has 0 spiro atoms. The number of para-hydroxylation sites is 1. The summed E-state index contributed by atoms with van der Waals surface area (Å²) in [5.41, 5.74) is 3.00. The zero-order chi connectivity index (χ0) is 24.2. The number of fused-ring (bicyclic) bond motifs is 2. The lowest BCUT2D eigenvalue weighted by Gasteiger charge is -2.26. The average Bonchev–Trinajstić information content (AvgIpc) is 3.11. The van der Waals surface area contributed by atoms with Crippen molar-refractivity contribution >= 4 is 34.2 Å². The van der Waals surface area contributed by atoms with Crippen LogP contribution in [0.2, 0.25) is 5.02 Å². The van der Waals surface area contributed by atoms with E-state index in [0.29, 0.717) is 33.0 Å². The van der Waals surface area contributed by atoms with Crippen LogP contribution >= 0.6 is 11.6 Å². The summed E-state index contributed by atoms with van der Waals surface area (Å²) >= 11 is 6.40. The number of hydrogen-bond donors (Lipinski definition) is 0. The molecule has 1 amide bonds. The normalized spacial score (nSPS) is 15.6. The zero-order valence-corrected chi connectivity index (χ0v) is 20.1. The summed E-state index contributed by atoms with van der Waals surface area (Å²) in [6.45, 7) is 6.43. The van der Waals surface area contributed by atoms with Crippen molar-refractivity contribution in [2.75, 3.05) is 12.0 Å². The second kappa shape index (κ2) is 8.03. The van der Waals surface area contributed by atoms with Crippen LogP contribution in [-0.4, -0.2) is 13.0 Å². The quantitative estimate of drug-likeness (QED) is 0.340. The number of nitrogens with zero attached hydrogens (tertiary/aromatic N) is 1. The Kier molecular flexibility index (Phi) is 5.25. The van der Waals surface area contributed by atoms with Gasteiger partial charge in [0.1, 0.15) is 11.3 Å². The maximum atomic E-state index is 13.7. The van der Waals surface area contributed by atoms with Gasteiger partial charge in [0.25, 0.3) is 5.91 Å². The molecule has 1 aromatic heterocycles. The minimum atomic E-state index is -0.651. The van der Waals surface area contributed by atoms with Gasteiger partial charge in [-0.1, -0.05) is 68.8 Å². The van der Waals surface area contributed by atoms with Crippen LogP contribution in [0.3, 0.4) is 0 Å². The number of hydrogen-bond acceptors (Lipinski definition) is 4. The van der Waals surface area contributed by atoms with E-state index in [2.05, 4.69) is 20.8 Å². The second-order valence-electron chi connectivity index (χ2n) is 9.44. The van der Waals surface area contributed by atoms with Gasteiger partial charge in [0.05, 0.1) is 29.1 Å². The van der Waals surface area contributed by atoms with E-state index in [9.17, 15) is 9.59 Å². The highest BCUT2D eigenvalue weighted by molar-refractivity contribution is 6.32. The first-order valence-electron chi connectivity index (χ1n) is 11.0. The Labute approximate surface area is 202 Å². The summed E-state index contributed by atoms with van der Waals surface area (Å²) in [5.74, 6) is 0.171. The van der Waals surface area contributed by atoms with Crippen LogP contribution < -0.4 is 15.1 Å². The third kappa shape index (κ3) is 3.48. The second-order valence-corrected chi connectivity index (χ2v) is 9.85. The van der Waals surface area contributed by atoms with Gasteiger partial charge in [0.15, 0.2) is 5.43 Å². The van der Waals surface area contributed by atoms with Gasteiger partial charge in [-0.05, 0) is 46.9 Å². The number of halogens is 1. The van der Waals surface area contributed by atoms with Gasteiger partial charge in [-0.25, -0.2) is 0 Å². The first-order chi connectivity index (χ1) is 16.2. The first-order valence-corrected chi connectivity index (χ1v) is 11.4. The van der Waals surface area contributed by atoms with Crippen molar-refractivity contribution in [3.8, 4) is 5.75 Å². The first kappa shape index (κ1) is 22.2. The SMILES string of the molecule is COc1ccc(N2C(=O)c3oc4ccccc4c(=O)c3C2c2ccc(C(C)(C)C)cc2)cc1Cl. The minimum absolute atomic E-state index is 0.0274. The van der Waals surface area contributed by atoms with Gasteiger partial charge in [0.2, 0.25) is 5.76 Å². The monoisotopic (exact) mass is 473 g/mol. The Morgan fingerprint density at radius 2 is 1.68 bits per heavy atom. The summed E-state index contributed by atoms with van der Waals surface area (Å²) in [5, 5.41) is 0.815. The highest BCUT2D eigenvalue weighted by Gasteiger charge is 2.43. The highest BCUT2D eigenvalue weighted by atomic mass is 35.5. The van der Waals surface area contributed by atoms with E-state index in [1.165, 1.54) is 7.11 Å². The maximum Gasteiger partial charge on any atom is 0.295 e. The summed E-state index contributed by atoms with van der Waals surface area (Å²) in [7, 11) is 1.53. The molecule has 6 heteroatoms. The van der Waals surface area contributed by atoms with Crippen LogP contribution in [0.4, 0.5) is 5.69 Å². The van der Waals surface area contributed by atoms with Crippen LogP contribution in [0.5, 0.6) is 5.75 Å². The van der Waals surface area contributed by atoms with Crippen molar-refractivity contribution < 1.29 is 13.9 Å². The highest BCUT2D eigenvalue weighted by Crippen LogP contribution is 2.43. The summed E-state index contributed by atoms with van der Waals surface area (Å²) in [6, 6.07) is 19.5. The molecule has 172 valence electrons. The smallest absolute Gasteiger partial charge is 0.295 e. The standard InChI is InChI=1S/C28H24ClNO4/c1-28(2,3)17-11-9-16(10-12-17)24-23-25(31)19-7-5-6-8-21(19)34-26(23)27(32)30(24)18-13-14-22(33-4)20(29)15-18/h5-15,24H,1-4H3. The Morgan fingerprint density at radius 1 is 0.971 bits per heavy atom. The topological polar surface area (TPSA) is 59.8 Å². The molecule has 0 bridgehead atoms. The van der Waals surface area contributed by atoms with Gasteiger partial charge in [-0.2, -0.15) is 0 Å². The molecule has 0 saturated carbocycles. The fourth-order valence-electron chi connectivity index (χ4n) is 4.47. The lowest BCUT2D eigenvalue weighted by molar-refractivity contribution is 0.0971. The molecule has 5 rings (SSSR count). The largest absolute Gasteiger partial charge is 0.495 e. The molecule has 1 atom stereocenters. The number of rotatable bonds is 3. The van der Waals surface area contributed by atoms with Crippen molar-refractivity contribution in [1.82, 2.24) is 0 Å². The van der Waals surface area contributed by atoms with Crippen molar-refractivity contribution in [3.63, 3.8) is 0 Å². The number of carbonyl (C=O) groups excluding carboxylic acids is 1. The lowest BCUT2D eigenvalue weighted by atomic mass is 9.86. The minimum Gasteiger partial charge on any atom is -0.495 e. The molecule has 1 unspecified atom stereocenters. The number of ether oxygens (including phenoxy) is 1. The molecule has 0 aliphatic carbocycles. The van der Waals surface area contributed by atoms with Crippen LogP contribution in [0.1, 0.15) is 54.1 Å². The van der Waals surface area contributed by atoms with Crippen molar-refractivity contribution in [2.24, 2.45) is 0 Å². The van der Waals surface area contributed by atoms with Gasteiger partial charge in [0, 0.05) is 5.69 Å². The molecule has 4 aromatic rings. The molecule has 0 N–H and O–H groups in total. The Bertz CT molecular complexity index is 1480. The molecule has 5 nitrogen and oxygen atoms in total. The predicted octanol–water partition coefficient (Wildman–Crippen LogP) is 6.50.